The van der Waals surface area contributed by atoms with Crippen LogP contribution in [0.2, 0.25) is 0 Å². The van der Waals surface area contributed by atoms with Gasteiger partial charge in [0.1, 0.15) is 0 Å². The van der Waals surface area contributed by atoms with Crippen LogP contribution in [0.5, 0.6) is 0 Å². The predicted molar refractivity (Wildman–Crippen MR) is 67.2 cm³/mol. The van der Waals surface area contributed by atoms with E-state index in [2.05, 4.69) is 15.9 Å². The number of hydrogen-bond acceptors (Lipinski definition) is 2. The average molecular weight is 366 g/mol. The zero-order valence-electron chi connectivity index (χ0n) is 8.92. The van der Waals surface area contributed by atoms with Gasteiger partial charge in [-0.1, -0.05) is 28.1 Å². The molecule has 1 aromatic rings. The molecule has 0 bridgehead atoms. The van der Waals surface area contributed by atoms with E-state index in [4.69, 9.17) is 11.6 Å². The van der Waals surface area contributed by atoms with Gasteiger partial charge in [0.05, 0.1) is 12.2 Å². The largest absolute Gasteiger partial charge is 0.390 e. The van der Waals surface area contributed by atoms with E-state index in [1.807, 2.05) is 0 Å². The first-order valence-electron chi connectivity index (χ1n) is 4.80. The monoisotopic (exact) mass is 364 g/mol. The Balaban J connectivity index is 2.82. The van der Waals surface area contributed by atoms with E-state index in [9.17, 15) is 21.6 Å². The summed E-state index contributed by atoms with van der Waals surface area (Å²) in [6.07, 6.45) is -5.90. The van der Waals surface area contributed by atoms with Gasteiger partial charge in [-0.15, -0.1) is 11.6 Å². The molecule has 1 atom stereocenters. The third kappa shape index (κ3) is 4.78. The highest BCUT2D eigenvalue weighted by Gasteiger charge is 2.33. The van der Waals surface area contributed by atoms with Crippen LogP contribution < -0.4 is 0 Å². The Morgan fingerprint density at radius 3 is 2.17 bits per heavy atom. The molecule has 0 fully saturated rings. The summed E-state index contributed by atoms with van der Waals surface area (Å²) in [5.74, 6) is -1.01. The van der Waals surface area contributed by atoms with E-state index in [0.717, 1.165) is 4.47 Å². The highest BCUT2D eigenvalue weighted by atomic mass is 79.9. The molecular weight excluding hydrogens is 357 g/mol. The summed E-state index contributed by atoms with van der Waals surface area (Å²) in [5.41, 5.74) is 0.252. The van der Waals surface area contributed by atoms with E-state index in [1.54, 1.807) is 12.1 Å². The number of hydrogen-bond donors (Lipinski definition) is 0. The number of halogens is 5. The molecule has 0 spiro atoms. The van der Waals surface area contributed by atoms with Crippen LogP contribution in [0.3, 0.4) is 0 Å². The minimum absolute atomic E-state index is 0.252. The lowest BCUT2D eigenvalue weighted by atomic mass is 10.2. The zero-order valence-corrected chi connectivity index (χ0v) is 12.1. The van der Waals surface area contributed by atoms with Gasteiger partial charge in [-0.05, 0) is 17.7 Å². The Hall–Kier alpha value is -0.270. The van der Waals surface area contributed by atoms with Crippen LogP contribution in [0.4, 0.5) is 13.2 Å². The lowest BCUT2D eigenvalue weighted by Crippen LogP contribution is -2.19. The standard InChI is InChI=1S/C10H9BrClF3O2S/c11-8-3-1-7(2-4-8)9(12)18(16,17)6-5-10(13,14)15/h1-4,9H,5-6H2. The van der Waals surface area contributed by atoms with Crippen LogP contribution in [0.15, 0.2) is 28.7 Å². The van der Waals surface area contributed by atoms with Crippen LogP contribution in [0.1, 0.15) is 16.7 Å². The van der Waals surface area contributed by atoms with Gasteiger partial charge in [-0.2, -0.15) is 13.2 Å². The van der Waals surface area contributed by atoms with E-state index in [0.29, 0.717) is 0 Å². The van der Waals surface area contributed by atoms with Gasteiger partial charge in [-0.25, -0.2) is 8.42 Å². The molecule has 0 saturated carbocycles. The third-order valence-electron chi connectivity index (χ3n) is 2.12. The van der Waals surface area contributed by atoms with Gasteiger partial charge in [-0.3, -0.25) is 0 Å². The summed E-state index contributed by atoms with van der Waals surface area (Å²) in [5, 5.41) is 0. The fourth-order valence-electron chi connectivity index (χ4n) is 1.18. The Bertz CT molecular complexity index is 499. The molecule has 1 rings (SSSR count). The maximum Gasteiger partial charge on any atom is 0.390 e. The summed E-state index contributed by atoms with van der Waals surface area (Å²) in [7, 11) is -4.03. The van der Waals surface area contributed by atoms with Crippen molar-refractivity contribution in [2.75, 3.05) is 5.75 Å². The summed E-state index contributed by atoms with van der Waals surface area (Å²) in [6, 6.07) is 6.05. The Kier molecular flexibility index (Phi) is 5.08. The first-order chi connectivity index (χ1) is 8.12. The second-order valence-corrected chi connectivity index (χ2v) is 7.42. The Morgan fingerprint density at radius 2 is 1.72 bits per heavy atom. The normalized spacial score (nSPS) is 14.5. The number of sulfone groups is 1. The maximum atomic E-state index is 12.0. The molecule has 8 heteroatoms. The molecule has 0 aliphatic carbocycles. The van der Waals surface area contributed by atoms with Crippen molar-refractivity contribution in [2.45, 2.75) is 17.3 Å². The first kappa shape index (κ1) is 15.8. The molecule has 18 heavy (non-hydrogen) atoms. The van der Waals surface area contributed by atoms with Crippen LogP contribution >= 0.6 is 27.5 Å². The van der Waals surface area contributed by atoms with Crippen molar-refractivity contribution in [1.82, 2.24) is 0 Å². The molecule has 2 nitrogen and oxygen atoms in total. The number of benzene rings is 1. The topological polar surface area (TPSA) is 34.1 Å². The molecular formula is C10H9BrClF3O2S. The fraction of sp³-hybridized carbons (Fsp3) is 0.400. The van der Waals surface area contributed by atoms with Crippen molar-refractivity contribution < 1.29 is 21.6 Å². The second kappa shape index (κ2) is 5.79. The van der Waals surface area contributed by atoms with E-state index < -0.39 is 32.9 Å². The zero-order chi connectivity index (χ0) is 14.0. The average Bonchev–Trinajstić information content (AvgIpc) is 2.26. The van der Waals surface area contributed by atoms with Gasteiger partial charge in [0, 0.05) is 4.47 Å². The van der Waals surface area contributed by atoms with E-state index >= 15 is 0 Å². The van der Waals surface area contributed by atoms with Crippen LogP contribution in [-0.2, 0) is 9.84 Å². The second-order valence-electron chi connectivity index (χ2n) is 3.60. The van der Waals surface area contributed by atoms with Gasteiger partial charge in [0.2, 0.25) is 0 Å². The molecule has 0 heterocycles. The van der Waals surface area contributed by atoms with Crippen molar-refractivity contribution in [2.24, 2.45) is 0 Å². The Labute approximate surface area is 116 Å². The molecule has 0 amide bonds. The lowest BCUT2D eigenvalue weighted by Gasteiger charge is -2.12. The molecule has 0 saturated heterocycles. The van der Waals surface area contributed by atoms with Crippen molar-refractivity contribution in [3.8, 4) is 0 Å². The molecule has 0 aromatic heterocycles. The molecule has 0 aliphatic rings. The van der Waals surface area contributed by atoms with Gasteiger partial charge < -0.3 is 0 Å². The summed E-state index contributed by atoms with van der Waals surface area (Å²) in [6.45, 7) is 0. The first-order valence-corrected chi connectivity index (χ1v) is 7.74. The van der Waals surface area contributed by atoms with Crippen molar-refractivity contribution in [3.05, 3.63) is 34.3 Å². The molecule has 1 unspecified atom stereocenters. The molecule has 0 N–H and O–H groups in total. The minimum atomic E-state index is -4.51. The third-order valence-corrected chi connectivity index (χ3v) is 5.39. The SMILES string of the molecule is O=S(=O)(CCC(F)(F)F)C(Cl)c1ccc(Br)cc1. The van der Waals surface area contributed by atoms with Crippen LogP contribution in [0.25, 0.3) is 0 Å². The quantitative estimate of drug-likeness (QED) is 0.754. The van der Waals surface area contributed by atoms with E-state index in [1.165, 1.54) is 12.1 Å². The molecule has 1 aromatic carbocycles. The van der Waals surface area contributed by atoms with Crippen molar-refractivity contribution in [3.63, 3.8) is 0 Å². The predicted octanol–water partition coefficient (Wildman–Crippen LogP) is 4.05. The summed E-state index contributed by atoms with van der Waals surface area (Å²) in [4.78, 5) is 0. The number of rotatable bonds is 4. The van der Waals surface area contributed by atoms with Crippen molar-refractivity contribution in [1.29, 1.82) is 0 Å². The molecule has 0 radical (unpaired) electrons. The highest BCUT2D eigenvalue weighted by Crippen LogP contribution is 2.31. The smallest absolute Gasteiger partial charge is 0.227 e. The van der Waals surface area contributed by atoms with Gasteiger partial charge in [0.25, 0.3) is 0 Å². The van der Waals surface area contributed by atoms with Crippen molar-refractivity contribution >= 4 is 37.4 Å². The molecule has 102 valence electrons. The van der Waals surface area contributed by atoms with Crippen LogP contribution in [-0.4, -0.2) is 20.3 Å². The summed E-state index contributed by atoms with van der Waals surface area (Å²) >= 11 is 8.87. The van der Waals surface area contributed by atoms with E-state index in [-0.39, 0.29) is 5.56 Å². The van der Waals surface area contributed by atoms with Crippen LogP contribution in [0, 0.1) is 0 Å². The lowest BCUT2D eigenvalue weighted by molar-refractivity contribution is -0.129. The van der Waals surface area contributed by atoms with Gasteiger partial charge in [0.15, 0.2) is 14.5 Å². The molecule has 0 aliphatic heterocycles. The summed E-state index contributed by atoms with van der Waals surface area (Å²) < 4.78 is 58.5. The fourth-order valence-corrected chi connectivity index (χ4v) is 3.15. The van der Waals surface area contributed by atoms with Gasteiger partial charge >= 0.3 is 6.18 Å². The minimum Gasteiger partial charge on any atom is -0.227 e. The highest BCUT2D eigenvalue weighted by molar-refractivity contribution is 9.10. The maximum absolute atomic E-state index is 12.0. The number of alkyl halides is 4. The Morgan fingerprint density at radius 1 is 1.22 bits per heavy atom.